The fourth-order valence-electron chi connectivity index (χ4n) is 2.97. The summed E-state index contributed by atoms with van der Waals surface area (Å²) in [4.78, 5) is 1.89. The third-order valence-electron chi connectivity index (χ3n) is 4.52. The summed E-state index contributed by atoms with van der Waals surface area (Å²) in [6, 6.07) is 3.07. The minimum atomic E-state index is -4.63. The molecule has 26 heavy (non-hydrogen) atoms. The molecule has 0 amide bonds. The van der Waals surface area contributed by atoms with E-state index < -0.39 is 22.0 Å². The summed E-state index contributed by atoms with van der Waals surface area (Å²) in [6.45, 7) is 1.61. The van der Waals surface area contributed by atoms with Crippen molar-refractivity contribution in [2.24, 2.45) is 5.92 Å². The standard InChI is InChI=1S/C14H19F3N6O2S/c1-21(26(2,24)25)9-10-5-7-22(8-6-10)12-4-3-11-18-19-13(14(15,16)17)23(11)20-12/h3-4,10H,5-9H2,1-2H3. The summed E-state index contributed by atoms with van der Waals surface area (Å²) in [5.74, 6) is -0.535. The van der Waals surface area contributed by atoms with E-state index in [-0.39, 0.29) is 11.6 Å². The maximum atomic E-state index is 13.0. The van der Waals surface area contributed by atoms with Gasteiger partial charge in [0.05, 0.1) is 6.26 Å². The Morgan fingerprint density at radius 2 is 1.88 bits per heavy atom. The zero-order chi connectivity index (χ0) is 19.1. The Bertz CT molecular complexity index is 890. The Labute approximate surface area is 148 Å². The Balaban J connectivity index is 1.72. The lowest BCUT2D eigenvalue weighted by atomic mass is 9.97. The molecule has 2 aromatic rings. The molecule has 1 aliphatic rings. The van der Waals surface area contributed by atoms with Gasteiger partial charge < -0.3 is 4.90 Å². The summed E-state index contributed by atoms with van der Waals surface area (Å²) in [5.41, 5.74) is 0.0331. The number of sulfonamides is 1. The summed E-state index contributed by atoms with van der Waals surface area (Å²) in [6.07, 6.45) is -2.01. The Kier molecular flexibility index (Phi) is 4.82. The van der Waals surface area contributed by atoms with Crippen molar-refractivity contribution >= 4 is 21.5 Å². The molecule has 0 unspecified atom stereocenters. The zero-order valence-corrected chi connectivity index (χ0v) is 15.1. The van der Waals surface area contributed by atoms with Gasteiger partial charge in [-0.05, 0) is 30.9 Å². The number of anilines is 1. The quantitative estimate of drug-likeness (QED) is 0.779. The first-order valence-corrected chi connectivity index (χ1v) is 9.86. The maximum Gasteiger partial charge on any atom is 0.453 e. The van der Waals surface area contributed by atoms with Crippen molar-refractivity contribution < 1.29 is 21.6 Å². The van der Waals surface area contributed by atoms with Gasteiger partial charge in [-0.15, -0.1) is 15.3 Å². The van der Waals surface area contributed by atoms with Crippen molar-refractivity contribution in [3.05, 3.63) is 18.0 Å². The van der Waals surface area contributed by atoms with E-state index in [1.54, 1.807) is 13.1 Å². The molecule has 3 heterocycles. The van der Waals surface area contributed by atoms with Crippen LogP contribution >= 0.6 is 0 Å². The summed E-state index contributed by atoms with van der Waals surface area (Å²) in [7, 11) is -1.68. The lowest BCUT2D eigenvalue weighted by Crippen LogP contribution is -2.39. The monoisotopic (exact) mass is 392 g/mol. The molecule has 8 nitrogen and oxygen atoms in total. The highest BCUT2D eigenvalue weighted by molar-refractivity contribution is 7.88. The average molecular weight is 392 g/mol. The molecule has 12 heteroatoms. The van der Waals surface area contributed by atoms with E-state index in [2.05, 4.69) is 15.3 Å². The van der Waals surface area contributed by atoms with Crippen LogP contribution in [0.3, 0.4) is 0 Å². The number of hydrogen-bond donors (Lipinski definition) is 0. The molecule has 1 fully saturated rings. The van der Waals surface area contributed by atoms with Crippen LogP contribution in [0.1, 0.15) is 18.7 Å². The smallest absolute Gasteiger partial charge is 0.355 e. The first-order chi connectivity index (χ1) is 12.1. The second-order valence-corrected chi connectivity index (χ2v) is 8.55. The van der Waals surface area contributed by atoms with Gasteiger partial charge in [-0.2, -0.15) is 17.7 Å². The average Bonchev–Trinajstić information content (AvgIpc) is 2.98. The topological polar surface area (TPSA) is 83.7 Å². The number of hydrogen-bond acceptors (Lipinski definition) is 6. The molecule has 0 bridgehead atoms. The fourth-order valence-corrected chi connectivity index (χ4v) is 3.45. The van der Waals surface area contributed by atoms with Gasteiger partial charge in [-0.1, -0.05) is 0 Å². The van der Waals surface area contributed by atoms with Crippen molar-refractivity contribution in [2.45, 2.75) is 19.0 Å². The van der Waals surface area contributed by atoms with E-state index in [4.69, 9.17) is 0 Å². The van der Waals surface area contributed by atoms with Gasteiger partial charge in [0, 0.05) is 26.7 Å². The van der Waals surface area contributed by atoms with Crippen molar-refractivity contribution in [3.63, 3.8) is 0 Å². The van der Waals surface area contributed by atoms with Crippen molar-refractivity contribution in [1.29, 1.82) is 0 Å². The van der Waals surface area contributed by atoms with Crippen LogP contribution in [0.4, 0.5) is 19.0 Å². The Hall–Kier alpha value is -1.95. The predicted molar refractivity (Wildman–Crippen MR) is 88.2 cm³/mol. The van der Waals surface area contributed by atoms with Crippen molar-refractivity contribution in [1.82, 2.24) is 24.1 Å². The molecule has 144 valence electrons. The van der Waals surface area contributed by atoms with E-state index in [9.17, 15) is 21.6 Å². The lowest BCUT2D eigenvalue weighted by molar-refractivity contribution is -0.146. The van der Waals surface area contributed by atoms with Gasteiger partial charge in [0.2, 0.25) is 10.0 Å². The number of nitrogens with zero attached hydrogens (tertiary/aromatic N) is 6. The summed E-state index contributed by atoms with van der Waals surface area (Å²) < 4.78 is 63.9. The molecule has 1 saturated heterocycles. The van der Waals surface area contributed by atoms with E-state index in [1.807, 2.05) is 4.90 Å². The largest absolute Gasteiger partial charge is 0.453 e. The molecular weight excluding hydrogens is 373 g/mol. The molecule has 0 spiro atoms. The van der Waals surface area contributed by atoms with Crippen LogP contribution < -0.4 is 4.90 Å². The van der Waals surface area contributed by atoms with Gasteiger partial charge in [0.1, 0.15) is 5.82 Å². The number of rotatable bonds is 4. The van der Waals surface area contributed by atoms with Gasteiger partial charge in [-0.25, -0.2) is 12.7 Å². The van der Waals surface area contributed by atoms with Crippen LogP contribution in [0, 0.1) is 5.92 Å². The normalized spacial score (nSPS) is 17.4. The van der Waals surface area contributed by atoms with Crippen molar-refractivity contribution in [2.75, 3.05) is 37.8 Å². The maximum absolute atomic E-state index is 13.0. The van der Waals surface area contributed by atoms with Crippen LogP contribution in [-0.4, -0.2) is 65.5 Å². The first-order valence-electron chi connectivity index (χ1n) is 8.01. The number of halogens is 3. The number of aromatic nitrogens is 4. The fraction of sp³-hybridized carbons (Fsp3) is 0.643. The molecule has 1 aliphatic heterocycles. The first kappa shape index (κ1) is 18.8. The summed E-state index contributed by atoms with van der Waals surface area (Å²) in [5, 5.41) is 10.7. The molecule has 2 aromatic heterocycles. The highest BCUT2D eigenvalue weighted by atomic mass is 32.2. The van der Waals surface area contributed by atoms with Crippen LogP contribution in [0.15, 0.2) is 12.1 Å². The summed E-state index contributed by atoms with van der Waals surface area (Å²) >= 11 is 0. The second kappa shape index (κ2) is 6.65. The van der Waals surface area contributed by atoms with Gasteiger partial charge in [0.25, 0.3) is 5.82 Å². The van der Waals surface area contributed by atoms with E-state index in [1.165, 1.54) is 16.6 Å². The molecule has 0 saturated carbocycles. The second-order valence-electron chi connectivity index (χ2n) is 6.46. The molecule has 0 atom stereocenters. The lowest BCUT2D eigenvalue weighted by Gasteiger charge is -2.34. The molecule has 0 aromatic carbocycles. The van der Waals surface area contributed by atoms with Crippen LogP contribution in [-0.2, 0) is 16.2 Å². The number of alkyl halides is 3. The highest BCUT2D eigenvalue weighted by Gasteiger charge is 2.38. The van der Waals surface area contributed by atoms with E-state index >= 15 is 0 Å². The zero-order valence-electron chi connectivity index (χ0n) is 14.3. The molecular formula is C14H19F3N6O2S. The molecule has 0 N–H and O–H groups in total. The SMILES string of the molecule is CN(CC1CCN(c2ccc3nnc(C(F)(F)F)n3n2)CC1)S(C)(=O)=O. The van der Waals surface area contributed by atoms with Crippen molar-refractivity contribution in [3.8, 4) is 0 Å². The predicted octanol–water partition coefficient (Wildman–Crippen LogP) is 1.25. The number of fused-ring (bicyclic) bond motifs is 1. The van der Waals surface area contributed by atoms with Gasteiger partial charge in [0.15, 0.2) is 5.65 Å². The van der Waals surface area contributed by atoms with E-state index in [0.717, 1.165) is 12.8 Å². The Morgan fingerprint density at radius 3 is 2.46 bits per heavy atom. The number of piperidine rings is 1. The molecule has 0 radical (unpaired) electrons. The van der Waals surface area contributed by atoms with Crippen LogP contribution in [0.5, 0.6) is 0 Å². The van der Waals surface area contributed by atoms with E-state index in [0.29, 0.717) is 30.0 Å². The molecule has 3 rings (SSSR count). The van der Waals surface area contributed by atoms with Crippen LogP contribution in [0.2, 0.25) is 0 Å². The minimum Gasteiger partial charge on any atom is -0.355 e. The third kappa shape index (κ3) is 3.90. The highest BCUT2D eigenvalue weighted by Crippen LogP contribution is 2.28. The Morgan fingerprint density at radius 1 is 1.23 bits per heavy atom. The third-order valence-corrected chi connectivity index (χ3v) is 5.80. The van der Waals surface area contributed by atoms with Crippen LogP contribution in [0.25, 0.3) is 5.65 Å². The minimum absolute atomic E-state index is 0.0331. The molecule has 0 aliphatic carbocycles. The van der Waals surface area contributed by atoms with Gasteiger partial charge >= 0.3 is 6.18 Å². The van der Waals surface area contributed by atoms with Gasteiger partial charge in [-0.3, -0.25) is 0 Å².